The zero-order chi connectivity index (χ0) is 20.9. The Labute approximate surface area is 165 Å². The van der Waals surface area contributed by atoms with Crippen LogP contribution >= 0.6 is 0 Å². The second-order valence-electron chi connectivity index (χ2n) is 6.37. The topological polar surface area (TPSA) is 71.9 Å². The number of anilines is 1. The predicted octanol–water partition coefficient (Wildman–Crippen LogP) is 4.07. The molecule has 150 valence electrons. The predicted molar refractivity (Wildman–Crippen MR) is 101 cm³/mol. The Kier molecular flexibility index (Phi) is 6.16. The summed E-state index contributed by atoms with van der Waals surface area (Å²) in [5.41, 5.74) is 1.57. The fourth-order valence-corrected chi connectivity index (χ4v) is 2.67. The molecule has 0 aliphatic carbocycles. The van der Waals surface area contributed by atoms with E-state index in [1.165, 1.54) is 12.3 Å². The lowest BCUT2D eigenvalue weighted by Crippen LogP contribution is -2.23. The van der Waals surface area contributed by atoms with E-state index in [-0.39, 0.29) is 5.91 Å². The normalized spacial score (nSPS) is 13.8. The third-order valence-corrected chi connectivity index (χ3v) is 4.16. The number of halogens is 3. The van der Waals surface area contributed by atoms with Crippen LogP contribution in [0, 0.1) is 6.92 Å². The molecule has 1 saturated heterocycles. The molecule has 0 radical (unpaired) electrons. The fraction of sp³-hybridized carbons (Fsp3) is 0.250. The highest BCUT2D eigenvalue weighted by atomic mass is 19.4. The molecule has 29 heavy (non-hydrogen) atoms. The molecule has 0 spiro atoms. The van der Waals surface area contributed by atoms with Crippen LogP contribution in [-0.4, -0.2) is 32.4 Å². The van der Waals surface area contributed by atoms with Crippen molar-refractivity contribution in [3.63, 3.8) is 0 Å². The van der Waals surface area contributed by atoms with Gasteiger partial charge in [0.15, 0.2) is 5.82 Å². The van der Waals surface area contributed by atoms with Crippen LogP contribution in [0.1, 0.15) is 24.1 Å². The number of amides is 1. The van der Waals surface area contributed by atoms with E-state index < -0.39 is 11.9 Å². The van der Waals surface area contributed by atoms with Gasteiger partial charge in [-0.25, -0.2) is 9.97 Å². The van der Waals surface area contributed by atoms with Gasteiger partial charge < -0.3 is 4.90 Å². The smallest absolute Gasteiger partial charge is 0.310 e. The summed E-state index contributed by atoms with van der Waals surface area (Å²) in [5, 5.41) is 0. The van der Waals surface area contributed by atoms with Crippen LogP contribution in [0.5, 0.6) is 0 Å². The maximum Gasteiger partial charge on any atom is 0.433 e. The van der Waals surface area contributed by atoms with E-state index in [2.05, 4.69) is 19.9 Å². The number of aryl methyl sites for hydroxylation is 1. The Bertz CT molecular complexity index is 945. The first-order chi connectivity index (χ1) is 13.8. The Balaban J connectivity index is 0.000000188. The molecule has 6 nitrogen and oxygen atoms in total. The molecule has 0 aromatic carbocycles. The third-order valence-electron chi connectivity index (χ3n) is 4.16. The van der Waals surface area contributed by atoms with Crippen molar-refractivity contribution in [2.45, 2.75) is 25.9 Å². The van der Waals surface area contributed by atoms with Gasteiger partial charge in [0.1, 0.15) is 5.69 Å². The lowest BCUT2D eigenvalue weighted by Gasteiger charge is -2.14. The number of rotatable bonds is 2. The van der Waals surface area contributed by atoms with E-state index in [0.29, 0.717) is 12.2 Å². The molecule has 0 atom stereocenters. The highest BCUT2D eigenvalue weighted by molar-refractivity contribution is 5.95. The Morgan fingerprint density at radius 2 is 1.66 bits per heavy atom. The van der Waals surface area contributed by atoms with Crippen molar-refractivity contribution >= 4 is 11.6 Å². The van der Waals surface area contributed by atoms with Gasteiger partial charge in [-0.1, -0.05) is 6.07 Å². The summed E-state index contributed by atoms with van der Waals surface area (Å²) in [6.45, 7) is 2.45. The first kappa shape index (κ1) is 20.4. The van der Waals surface area contributed by atoms with Crippen LogP contribution in [0.2, 0.25) is 0 Å². The molecule has 3 aromatic rings. The summed E-state index contributed by atoms with van der Waals surface area (Å²) in [4.78, 5) is 29.1. The maximum absolute atomic E-state index is 11.9. The van der Waals surface area contributed by atoms with E-state index in [4.69, 9.17) is 0 Å². The molecule has 9 heteroatoms. The van der Waals surface area contributed by atoms with Crippen molar-refractivity contribution in [3.8, 4) is 11.4 Å². The number of carbonyl (C=O) groups excluding carboxylic acids is 1. The number of carbonyl (C=O) groups is 1. The molecule has 1 amide bonds. The molecule has 3 aromatic heterocycles. The minimum atomic E-state index is -4.33. The summed E-state index contributed by atoms with van der Waals surface area (Å²) in [6.07, 6.45) is 5.21. The van der Waals surface area contributed by atoms with E-state index in [1.807, 2.05) is 12.1 Å². The average molecular weight is 401 g/mol. The fourth-order valence-electron chi connectivity index (χ4n) is 2.67. The standard InChI is InChI=1S/C13H12N4O.C7H6F3N/c18-12-2-1-7-17(12)11-8-15-13(16-9-11)10-3-5-14-6-4-10;1-5-2-3-6(11-4-5)7(8,9)10/h3-6,8-9H,1-2,7H2;2-4H,1H3. The summed E-state index contributed by atoms with van der Waals surface area (Å²) in [5.74, 6) is 0.794. The quantitative estimate of drug-likeness (QED) is 0.647. The lowest BCUT2D eigenvalue weighted by molar-refractivity contribution is -0.141. The molecule has 1 aliphatic rings. The number of hydrogen-bond acceptors (Lipinski definition) is 5. The van der Waals surface area contributed by atoms with E-state index in [1.54, 1.807) is 36.6 Å². The van der Waals surface area contributed by atoms with Gasteiger partial charge in [-0.05, 0) is 37.1 Å². The van der Waals surface area contributed by atoms with E-state index in [0.717, 1.165) is 35.8 Å². The van der Waals surface area contributed by atoms with Crippen molar-refractivity contribution in [2.24, 2.45) is 0 Å². The Morgan fingerprint density at radius 1 is 0.966 bits per heavy atom. The highest BCUT2D eigenvalue weighted by Gasteiger charge is 2.31. The minimum Gasteiger partial charge on any atom is -0.310 e. The molecule has 1 aliphatic heterocycles. The molecular weight excluding hydrogens is 383 g/mol. The second-order valence-corrected chi connectivity index (χ2v) is 6.37. The molecule has 0 N–H and O–H groups in total. The van der Waals surface area contributed by atoms with Gasteiger partial charge in [-0.3, -0.25) is 14.8 Å². The number of pyridine rings is 2. The van der Waals surface area contributed by atoms with Crippen molar-refractivity contribution in [1.82, 2.24) is 19.9 Å². The van der Waals surface area contributed by atoms with Crippen molar-refractivity contribution in [1.29, 1.82) is 0 Å². The first-order valence-corrected chi connectivity index (χ1v) is 8.87. The van der Waals surface area contributed by atoms with Gasteiger partial charge >= 0.3 is 6.18 Å². The number of nitrogens with zero attached hydrogens (tertiary/aromatic N) is 5. The summed E-state index contributed by atoms with van der Waals surface area (Å²) in [7, 11) is 0. The zero-order valence-corrected chi connectivity index (χ0v) is 15.6. The van der Waals surface area contributed by atoms with Crippen LogP contribution in [0.15, 0.2) is 55.2 Å². The monoisotopic (exact) mass is 401 g/mol. The van der Waals surface area contributed by atoms with E-state index >= 15 is 0 Å². The SMILES string of the molecule is Cc1ccc(C(F)(F)F)nc1.O=C1CCCN1c1cnc(-c2ccncc2)nc1. The minimum absolute atomic E-state index is 0.148. The molecular formula is C20H18F3N5O. The van der Waals surface area contributed by atoms with E-state index in [9.17, 15) is 18.0 Å². The molecule has 0 bridgehead atoms. The van der Waals surface area contributed by atoms with Gasteiger partial charge in [0.05, 0.1) is 18.1 Å². The van der Waals surface area contributed by atoms with Gasteiger partial charge in [0, 0.05) is 37.1 Å². The van der Waals surface area contributed by atoms with Crippen LogP contribution in [-0.2, 0) is 11.0 Å². The van der Waals surface area contributed by atoms with Crippen LogP contribution < -0.4 is 4.90 Å². The molecule has 1 fully saturated rings. The highest BCUT2D eigenvalue weighted by Crippen LogP contribution is 2.27. The van der Waals surface area contributed by atoms with Crippen LogP contribution in [0.3, 0.4) is 0 Å². The number of aromatic nitrogens is 4. The largest absolute Gasteiger partial charge is 0.433 e. The Morgan fingerprint density at radius 3 is 2.17 bits per heavy atom. The molecule has 4 rings (SSSR count). The van der Waals surface area contributed by atoms with Crippen LogP contribution in [0.4, 0.5) is 18.9 Å². The lowest BCUT2D eigenvalue weighted by atomic mass is 10.2. The van der Waals surface area contributed by atoms with Crippen LogP contribution in [0.25, 0.3) is 11.4 Å². The third kappa shape index (κ3) is 5.34. The Hall–Kier alpha value is -3.36. The molecule has 0 unspecified atom stereocenters. The second kappa shape index (κ2) is 8.76. The van der Waals surface area contributed by atoms with Gasteiger partial charge in [0.2, 0.25) is 5.91 Å². The molecule has 4 heterocycles. The van der Waals surface area contributed by atoms with Gasteiger partial charge in [0.25, 0.3) is 0 Å². The van der Waals surface area contributed by atoms with Crippen molar-refractivity contribution in [3.05, 3.63) is 66.5 Å². The molecule has 0 saturated carbocycles. The summed E-state index contributed by atoms with van der Waals surface area (Å²) < 4.78 is 35.6. The average Bonchev–Trinajstić information content (AvgIpc) is 3.15. The maximum atomic E-state index is 11.9. The number of alkyl halides is 3. The summed E-state index contributed by atoms with van der Waals surface area (Å²) >= 11 is 0. The van der Waals surface area contributed by atoms with Gasteiger partial charge in [-0.15, -0.1) is 0 Å². The number of hydrogen-bond donors (Lipinski definition) is 0. The van der Waals surface area contributed by atoms with Gasteiger partial charge in [-0.2, -0.15) is 13.2 Å². The summed E-state index contributed by atoms with van der Waals surface area (Å²) in [6, 6.07) is 6.07. The first-order valence-electron chi connectivity index (χ1n) is 8.87. The van der Waals surface area contributed by atoms with Crippen molar-refractivity contribution < 1.29 is 18.0 Å². The van der Waals surface area contributed by atoms with Crippen molar-refractivity contribution in [2.75, 3.05) is 11.4 Å². The zero-order valence-electron chi connectivity index (χ0n) is 15.6.